The SMILES string of the molecule is CC(=O)N1CCN(CC(=O)N(CC(C)C)C2CCN(CCC(c3cc(F)cc(F)c3)C3CCN(S(C)(=O)=O)CC3)CC2)CC1. The molecule has 1 aromatic rings. The molecule has 0 spiro atoms. The van der Waals surface area contributed by atoms with E-state index >= 15 is 0 Å². The number of benzene rings is 1. The van der Waals surface area contributed by atoms with Gasteiger partial charge in [0.05, 0.1) is 12.8 Å². The molecule has 3 heterocycles. The van der Waals surface area contributed by atoms with Crippen LogP contribution in [0.4, 0.5) is 8.78 Å². The average molecular weight is 640 g/mol. The Balaban J connectivity index is 1.34. The quantitative estimate of drug-likeness (QED) is 0.370. The van der Waals surface area contributed by atoms with Gasteiger partial charge in [0, 0.05) is 77.9 Å². The maximum atomic E-state index is 14.3. The van der Waals surface area contributed by atoms with Crippen LogP contribution in [-0.2, 0) is 19.6 Å². The third kappa shape index (κ3) is 9.67. The molecule has 1 aromatic carbocycles. The van der Waals surface area contributed by atoms with Crippen LogP contribution in [0.2, 0.25) is 0 Å². The number of hydrogen-bond donors (Lipinski definition) is 0. The van der Waals surface area contributed by atoms with Crippen LogP contribution >= 0.6 is 0 Å². The molecule has 12 heteroatoms. The van der Waals surface area contributed by atoms with E-state index in [9.17, 15) is 26.8 Å². The third-order valence-corrected chi connectivity index (χ3v) is 11.0. The number of carbonyl (C=O) groups is 2. The summed E-state index contributed by atoms with van der Waals surface area (Å²) in [6.07, 6.45) is 5.04. The largest absolute Gasteiger partial charge is 0.340 e. The van der Waals surface area contributed by atoms with Crippen LogP contribution in [0, 0.1) is 23.5 Å². The molecule has 0 aliphatic carbocycles. The zero-order valence-electron chi connectivity index (χ0n) is 26.9. The van der Waals surface area contributed by atoms with Crippen LogP contribution in [0.15, 0.2) is 18.2 Å². The van der Waals surface area contributed by atoms with Gasteiger partial charge in [0.15, 0.2) is 0 Å². The average Bonchev–Trinajstić information content (AvgIpc) is 2.96. The Labute approximate surface area is 262 Å². The second-order valence-corrected chi connectivity index (χ2v) is 15.4. The van der Waals surface area contributed by atoms with Gasteiger partial charge in [-0.3, -0.25) is 14.5 Å². The molecule has 1 atom stereocenters. The number of hydrogen-bond acceptors (Lipinski definition) is 6. The number of amides is 2. The molecule has 9 nitrogen and oxygen atoms in total. The molecule has 3 fully saturated rings. The summed E-state index contributed by atoms with van der Waals surface area (Å²) in [5, 5.41) is 0. The predicted octanol–water partition coefficient (Wildman–Crippen LogP) is 3.22. The van der Waals surface area contributed by atoms with Crippen molar-refractivity contribution in [3.8, 4) is 0 Å². The molecular weight excluding hydrogens is 588 g/mol. The summed E-state index contributed by atoms with van der Waals surface area (Å²) in [7, 11) is -3.26. The lowest BCUT2D eigenvalue weighted by molar-refractivity contribution is -0.137. The van der Waals surface area contributed by atoms with Crippen molar-refractivity contribution in [3.63, 3.8) is 0 Å². The lowest BCUT2D eigenvalue weighted by atomic mass is 9.78. The highest BCUT2D eigenvalue weighted by Gasteiger charge is 2.33. The zero-order valence-corrected chi connectivity index (χ0v) is 27.7. The van der Waals surface area contributed by atoms with Crippen molar-refractivity contribution >= 4 is 21.8 Å². The smallest absolute Gasteiger partial charge is 0.237 e. The Kier molecular flexibility index (Phi) is 12.2. The van der Waals surface area contributed by atoms with Crippen molar-refractivity contribution < 1.29 is 26.8 Å². The van der Waals surface area contributed by atoms with Crippen molar-refractivity contribution in [1.82, 2.24) is 23.9 Å². The second-order valence-electron chi connectivity index (χ2n) is 13.4. The minimum atomic E-state index is -3.26. The summed E-state index contributed by atoms with van der Waals surface area (Å²) in [5.41, 5.74) is 0.646. The first kappa shape index (κ1) is 34.7. The molecule has 4 rings (SSSR count). The van der Waals surface area contributed by atoms with E-state index in [4.69, 9.17) is 0 Å². The van der Waals surface area contributed by atoms with E-state index in [0.717, 1.165) is 51.5 Å². The van der Waals surface area contributed by atoms with Gasteiger partial charge < -0.3 is 14.7 Å². The Morgan fingerprint density at radius 3 is 2.00 bits per heavy atom. The fourth-order valence-corrected chi connectivity index (χ4v) is 8.07. The molecule has 3 aliphatic rings. The minimum Gasteiger partial charge on any atom is -0.340 e. The Bertz CT molecular complexity index is 1200. The van der Waals surface area contributed by atoms with Gasteiger partial charge in [-0.2, -0.15) is 0 Å². The fraction of sp³-hybridized carbons (Fsp3) is 0.750. The van der Waals surface area contributed by atoms with Gasteiger partial charge in [-0.1, -0.05) is 13.8 Å². The summed E-state index contributed by atoms with van der Waals surface area (Å²) in [5.74, 6) is -0.513. The van der Waals surface area contributed by atoms with Crippen molar-refractivity contribution in [1.29, 1.82) is 0 Å². The first-order chi connectivity index (χ1) is 20.8. The van der Waals surface area contributed by atoms with E-state index in [0.29, 0.717) is 70.1 Å². The number of likely N-dealkylation sites (tertiary alicyclic amines) is 1. The molecule has 0 radical (unpaired) electrons. The number of carbonyl (C=O) groups excluding carboxylic acids is 2. The Morgan fingerprint density at radius 1 is 0.886 bits per heavy atom. The predicted molar refractivity (Wildman–Crippen MR) is 168 cm³/mol. The van der Waals surface area contributed by atoms with E-state index in [1.807, 2.05) is 4.90 Å². The molecule has 3 saturated heterocycles. The van der Waals surface area contributed by atoms with Crippen molar-refractivity contribution in [2.45, 2.75) is 64.8 Å². The zero-order chi connectivity index (χ0) is 32.0. The van der Waals surface area contributed by atoms with Crippen molar-refractivity contribution in [2.75, 3.05) is 78.2 Å². The molecule has 0 saturated carbocycles. The van der Waals surface area contributed by atoms with Gasteiger partial charge in [-0.05, 0) is 74.1 Å². The maximum Gasteiger partial charge on any atom is 0.237 e. The molecule has 0 aromatic heterocycles. The standard InChI is InChI=1S/C32H51F2N5O4S/c1-24(2)22-39(32(41)23-36-15-17-37(18-16-36)25(3)40)30-7-10-35(11-8-30)12-9-31(27-19-28(33)21-29(34)20-27)26-5-13-38(14-6-26)44(4,42)43/h19-21,24,26,30-31H,5-18,22-23H2,1-4H3. The van der Waals surface area contributed by atoms with Crippen LogP contribution in [-0.4, -0.2) is 128 Å². The molecule has 0 bridgehead atoms. The number of halogens is 2. The molecule has 0 N–H and O–H groups in total. The number of piperazine rings is 1. The molecule has 44 heavy (non-hydrogen) atoms. The molecule has 3 aliphatic heterocycles. The summed E-state index contributed by atoms with van der Waals surface area (Å²) in [6, 6.07) is 3.93. The van der Waals surface area contributed by atoms with Gasteiger partial charge in [0.25, 0.3) is 0 Å². The van der Waals surface area contributed by atoms with Gasteiger partial charge in [-0.15, -0.1) is 0 Å². The van der Waals surface area contributed by atoms with Gasteiger partial charge >= 0.3 is 0 Å². The Morgan fingerprint density at radius 2 is 1.48 bits per heavy atom. The maximum absolute atomic E-state index is 14.3. The van der Waals surface area contributed by atoms with Crippen molar-refractivity contribution in [3.05, 3.63) is 35.4 Å². The van der Waals surface area contributed by atoms with Gasteiger partial charge in [0.2, 0.25) is 21.8 Å². The monoisotopic (exact) mass is 639 g/mol. The van der Waals surface area contributed by atoms with E-state index in [1.54, 1.807) is 6.92 Å². The number of sulfonamides is 1. The molecule has 2 amide bonds. The van der Waals surface area contributed by atoms with Gasteiger partial charge in [0.1, 0.15) is 11.6 Å². The number of nitrogens with zero attached hydrogens (tertiary/aromatic N) is 5. The number of piperidine rings is 2. The van der Waals surface area contributed by atoms with Gasteiger partial charge in [-0.25, -0.2) is 21.5 Å². The van der Waals surface area contributed by atoms with Crippen LogP contribution < -0.4 is 0 Å². The van der Waals surface area contributed by atoms with Crippen LogP contribution in [0.5, 0.6) is 0 Å². The first-order valence-corrected chi connectivity index (χ1v) is 18.1. The van der Waals surface area contributed by atoms with E-state index in [1.165, 1.54) is 22.7 Å². The highest BCUT2D eigenvalue weighted by atomic mass is 32.2. The van der Waals surface area contributed by atoms with E-state index in [-0.39, 0.29) is 29.7 Å². The highest BCUT2D eigenvalue weighted by Crippen LogP contribution is 2.37. The van der Waals surface area contributed by atoms with Crippen LogP contribution in [0.1, 0.15) is 64.4 Å². The topological polar surface area (TPSA) is 84.5 Å². The lowest BCUT2D eigenvalue weighted by Crippen LogP contribution is -2.54. The van der Waals surface area contributed by atoms with Crippen LogP contribution in [0.25, 0.3) is 0 Å². The van der Waals surface area contributed by atoms with Crippen LogP contribution in [0.3, 0.4) is 0 Å². The Hall–Kier alpha value is -2.15. The molecular formula is C32H51F2N5O4S. The van der Waals surface area contributed by atoms with Crippen molar-refractivity contribution in [2.24, 2.45) is 11.8 Å². The first-order valence-electron chi connectivity index (χ1n) is 16.2. The fourth-order valence-electron chi connectivity index (χ4n) is 7.20. The summed E-state index contributed by atoms with van der Waals surface area (Å²) >= 11 is 0. The third-order valence-electron chi connectivity index (χ3n) is 9.66. The highest BCUT2D eigenvalue weighted by molar-refractivity contribution is 7.88. The number of rotatable bonds is 11. The minimum absolute atomic E-state index is 0.0675. The lowest BCUT2D eigenvalue weighted by Gasteiger charge is -2.41. The molecule has 1 unspecified atom stereocenters. The summed E-state index contributed by atoms with van der Waals surface area (Å²) in [4.78, 5) is 33.6. The molecule has 248 valence electrons. The van der Waals surface area contributed by atoms with E-state index < -0.39 is 21.7 Å². The normalized spacial score (nSPS) is 21.1. The second kappa shape index (κ2) is 15.4. The van der Waals surface area contributed by atoms with E-state index in [2.05, 4.69) is 28.5 Å². The summed E-state index contributed by atoms with van der Waals surface area (Å²) < 4.78 is 54.1. The summed E-state index contributed by atoms with van der Waals surface area (Å²) in [6.45, 7) is 13.0.